The molecule has 378 valence electrons. The van der Waals surface area contributed by atoms with Crippen LogP contribution in [0.3, 0.4) is 0 Å². The van der Waals surface area contributed by atoms with Crippen LogP contribution in [0, 0.1) is 29.6 Å². The molecule has 0 aromatic carbocycles. The van der Waals surface area contributed by atoms with E-state index in [1.165, 1.54) is 19.1 Å². The number of allylic oxidation sites excluding steroid dienone is 2. The largest absolute Gasteiger partial charge is 0.468 e. The Labute approximate surface area is 384 Å². The third kappa shape index (κ3) is 11.8. The molecular weight excluding hydrogens is 900 g/mol. The Morgan fingerprint density at radius 3 is 1.54 bits per heavy atom. The van der Waals surface area contributed by atoms with Crippen LogP contribution in [0.1, 0.15) is 40.0 Å². The Morgan fingerprint density at radius 2 is 1.13 bits per heavy atom. The van der Waals surface area contributed by atoms with Crippen LogP contribution in [0.2, 0.25) is 0 Å². The number of hydrogen-bond donors (Lipinski definition) is 10. The van der Waals surface area contributed by atoms with Gasteiger partial charge in [0.25, 0.3) is 0 Å². The van der Waals surface area contributed by atoms with Gasteiger partial charge in [-0.15, -0.1) is 0 Å². The molecule has 0 amide bonds. The summed E-state index contributed by atoms with van der Waals surface area (Å²) in [6.07, 6.45) is -17.7. The Balaban J connectivity index is 1.27. The molecule has 67 heavy (non-hydrogen) atoms. The highest BCUT2D eigenvalue weighted by molar-refractivity contribution is 5.91. The molecule has 1 aliphatic carbocycles. The topological polar surface area (TPSA) is 363 Å². The van der Waals surface area contributed by atoms with Gasteiger partial charge in [-0.1, -0.05) is 19.1 Å². The van der Waals surface area contributed by atoms with Crippen LogP contribution < -0.4 is 0 Å². The summed E-state index contributed by atoms with van der Waals surface area (Å²) in [5, 5.41) is 103. The van der Waals surface area contributed by atoms with Gasteiger partial charge < -0.3 is 98.4 Å². The highest BCUT2D eigenvalue weighted by Crippen LogP contribution is 2.42. The first-order valence-corrected chi connectivity index (χ1v) is 21.7. The molecule has 0 bridgehead atoms. The van der Waals surface area contributed by atoms with Gasteiger partial charge in [0.05, 0.1) is 83.3 Å². The number of aliphatic hydroxyl groups is 10. The van der Waals surface area contributed by atoms with E-state index < -0.39 is 172 Å². The van der Waals surface area contributed by atoms with Crippen molar-refractivity contribution >= 4 is 23.9 Å². The number of hydrogen-bond acceptors (Lipinski definition) is 24. The standard InChI is InChI=1S/C43H62O24/c1-6-18-20(24(38(56)58-4)15-61-40(18)66-42-36(54)34(52)32(50)28(12-45)64-42)9-30(48)60-14-23-17(3)26(47)8-22(23)27(11-44)63-31(49)10-21-19(7-2)41(62-16-25(21)39(57)59-5)67-43-37(55)35(53)33(51)29(13-46)65-43/h6-7,15-17,20-23,26-29,32-37,40-47,50-55H,8-14H2,1-5H3. The first-order valence-electron chi connectivity index (χ1n) is 21.7. The zero-order valence-corrected chi connectivity index (χ0v) is 37.4. The maximum atomic E-state index is 13.8. The second kappa shape index (κ2) is 23.9. The minimum absolute atomic E-state index is 0.0104. The number of rotatable bonds is 17. The van der Waals surface area contributed by atoms with Crippen LogP contribution in [-0.2, 0) is 66.5 Å². The average Bonchev–Trinajstić information content (AvgIpc) is 3.61. The predicted molar refractivity (Wildman–Crippen MR) is 218 cm³/mol. The highest BCUT2D eigenvalue weighted by Gasteiger charge is 2.50. The number of ether oxygens (including phenoxy) is 10. The second-order valence-electron chi connectivity index (χ2n) is 16.7. The van der Waals surface area contributed by atoms with E-state index in [0.29, 0.717) is 0 Å². The smallest absolute Gasteiger partial charge is 0.337 e. The van der Waals surface area contributed by atoms with Gasteiger partial charge in [-0.05, 0) is 26.2 Å². The Kier molecular flexibility index (Phi) is 19.2. The maximum Gasteiger partial charge on any atom is 0.337 e. The third-order valence-electron chi connectivity index (χ3n) is 12.9. The van der Waals surface area contributed by atoms with E-state index in [1.54, 1.807) is 13.8 Å². The van der Waals surface area contributed by atoms with Crippen LogP contribution in [0.5, 0.6) is 0 Å². The van der Waals surface area contributed by atoms with Gasteiger partial charge in [-0.25, -0.2) is 9.59 Å². The molecule has 4 heterocycles. The Morgan fingerprint density at radius 1 is 0.687 bits per heavy atom. The highest BCUT2D eigenvalue weighted by atomic mass is 16.8. The fourth-order valence-corrected chi connectivity index (χ4v) is 8.96. The molecule has 0 radical (unpaired) electrons. The van der Waals surface area contributed by atoms with Crippen molar-refractivity contribution in [3.63, 3.8) is 0 Å². The van der Waals surface area contributed by atoms with Gasteiger partial charge >= 0.3 is 23.9 Å². The lowest BCUT2D eigenvalue weighted by molar-refractivity contribution is -0.327. The average molecular weight is 963 g/mol. The molecule has 0 aromatic heterocycles. The van der Waals surface area contributed by atoms with Gasteiger partial charge in [-0.3, -0.25) is 9.59 Å². The van der Waals surface area contributed by atoms with E-state index in [2.05, 4.69) is 0 Å². The number of esters is 4. The monoisotopic (exact) mass is 962 g/mol. The maximum absolute atomic E-state index is 13.8. The van der Waals surface area contributed by atoms with Crippen molar-refractivity contribution in [1.29, 1.82) is 0 Å². The lowest BCUT2D eigenvalue weighted by Crippen LogP contribution is -2.60. The minimum Gasteiger partial charge on any atom is -0.468 e. The van der Waals surface area contributed by atoms with Crippen LogP contribution in [-0.4, -0.2) is 202 Å². The van der Waals surface area contributed by atoms with Crippen molar-refractivity contribution in [2.24, 2.45) is 29.6 Å². The quantitative estimate of drug-likeness (QED) is 0.0383. The molecule has 0 aromatic rings. The van der Waals surface area contributed by atoms with E-state index in [0.717, 1.165) is 26.7 Å². The summed E-state index contributed by atoms with van der Waals surface area (Å²) in [7, 11) is 2.21. The van der Waals surface area contributed by atoms with Crippen LogP contribution in [0.15, 0.2) is 47.0 Å². The zero-order valence-electron chi connectivity index (χ0n) is 37.4. The molecule has 0 spiro atoms. The minimum atomic E-state index is -1.81. The van der Waals surface area contributed by atoms with Crippen molar-refractivity contribution < 1.29 is 118 Å². The number of carbonyl (C=O) groups excluding carboxylic acids is 4. The molecule has 5 aliphatic rings. The van der Waals surface area contributed by atoms with Crippen molar-refractivity contribution in [1.82, 2.24) is 0 Å². The zero-order chi connectivity index (χ0) is 49.4. The van der Waals surface area contributed by atoms with Gasteiger partial charge in [0, 0.05) is 34.8 Å². The summed E-state index contributed by atoms with van der Waals surface area (Å²) in [6.45, 7) is 2.22. The number of methoxy groups -OCH3 is 2. The number of carbonyl (C=O) groups is 4. The molecule has 19 atom stereocenters. The van der Waals surface area contributed by atoms with Crippen LogP contribution in [0.25, 0.3) is 0 Å². The molecule has 3 fully saturated rings. The SMILES string of the molecule is CC=C1C(OC2OC(CO)C(O)C(O)C2O)OC=C(C(=O)OC)C1CC(=O)OCC1C(C)C(O)CC1C(CO)OC(=O)CC1C(C(=O)OC)=COC(OC2OC(CO)C(O)C(O)C2O)C1=CC. The lowest BCUT2D eigenvalue weighted by Gasteiger charge is -2.42. The fourth-order valence-electron chi connectivity index (χ4n) is 8.96. The van der Waals surface area contributed by atoms with E-state index in [9.17, 15) is 70.2 Å². The fraction of sp³-hybridized carbons (Fsp3) is 0.721. The van der Waals surface area contributed by atoms with Crippen molar-refractivity contribution in [2.75, 3.05) is 40.6 Å². The predicted octanol–water partition coefficient (Wildman–Crippen LogP) is -3.57. The van der Waals surface area contributed by atoms with E-state index in [4.69, 9.17) is 47.4 Å². The summed E-state index contributed by atoms with van der Waals surface area (Å²) in [4.78, 5) is 53.2. The van der Waals surface area contributed by atoms with Gasteiger partial charge in [-0.2, -0.15) is 0 Å². The van der Waals surface area contributed by atoms with Gasteiger partial charge in [0.2, 0.25) is 12.6 Å². The molecule has 24 nitrogen and oxygen atoms in total. The van der Waals surface area contributed by atoms with Crippen LogP contribution >= 0.6 is 0 Å². The van der Waals surface area contributed by atoms with E-state index >= 15 is 0 Å². The van der Waals surface area contributed by atoms with Gasteiger partial charge in [0.15, 0.2) is 12.6 Å². The summed E-state index contributed by atoms with van der Waals surface area (Å²) >= 11 is 0. The molecule has 2 saturated heterocycles. The molecule has 10 N–H and O–H groups in total. The second-order valence-corrected chi connectivity index (χ2v) is 16.7. The van der Waals surface area contributed by atoms with E-state index in [-0.39, 0.29) is 35.3 Å². The summed E-state index contributed by atoms with van der Waals surface area (Å²) in [5.74, 6) is -7.80. The van der Waals surface area contributed by atoms with Gasteiger partial charge in [0.1, 0.15) is 54.9 Å². The molecule has 19 unspecified atom stereocenters. The summed E-state index contributed by atoms with van der Waals surface area (Å²) < 4.78 is 55.1. The molecule has 1 saturated carbocycles. The lowest BCUT2D eigenvalue weighted by atomic mass is 9.85. The van der Waals surface area contributed by atoms with Crippen LogP contribution in [0.4, 0.5) is 0 Å². The summed E-state index contributed by atoms with van der Waals surface area (Å²) in [5.41, 5.74) is 0.0707. The summed E-state index contributed by atoms with van der Waals surface area (Å²) in [6, 6.07) is 0. The van der Waals surface area contributed by atoms with Crippen molar-refractivity contribution in [3.8, 4) is 0 Å². The Hall–Kier alpha value is -4.12. The normalized spacial score (nSPS) is 39.3. The first kappa shape index (κ1) is 53.8. The molecule has 4 aliphatic heterocycles. The first-order chi connectivity index (χ1) is 31.9. The molecule has 5 rings (SSSR count). The van der Waals surface area contributed by atoms with Crippen molar-refractivity contribution in [3.05, 3.63) is 47.0 Å². The molecule has 24 heteroatoms. The number of aliphatic hydroxyl groups excluding tert-OH is 10. The third-order valence-corrected chi connectivity index (χ3v) is 12.9. The Bertz CT molecular complexity index is 1840. The van der Waals surface area contributed by atoms with Crippen molar-refractivity contribution in [2.45, 2.75) is 126 Å². The van der Waals surface area contributed by atoms with E-state index in [1.807, 2.05) is 0 Å². The molecular formula is C43H62O24.